The SMILES string of the molecule is C/C(=N/NC(=S)NCc1ccccc1)c1ccc(C)cc1. The van der Waals surface area contributed by atoms with Crippen LogP contribution in [0.1, 0.15) is 23.6 Å². The van der Waals surface area contributed by atoms with E-state index >= 15 is 0 Å². The number of nitrogens with one attached hydrogen (secondary N) is 2. The van der Waals surface area contributed by atoms with Gasteiger partial charge in [-0.3, -0.25) is 5.43 Å². The van der Waals surface area contributed by atoms with E-state index in [1.165, 1.54) is 11.1 Å². The van der Waals surface area contributed by atoms with Crippen molar-refractivity contribution in [3.05, 3.63) is 71.3 Å². The van der Waals surface area contributed by atoms with Gasteiger partial charge in [0.05, 0.1) is 5.71 Å². The maximum absolute atomic E-state index is 5.21. The molecule has 0 radical (unpaired) electrons. The minimum absolute atomic E-state index is 0.519. The molecule has 0 aliphatic rings. The highest BCUT2D eigenvalue weighted by molar-refractivity contribution is 7.80. The van der Waals surface area contributed by atoms with Crippen LogP contribution in [0.2, 0.25) is 0 Å². The number of thiocarbonyl (C=S) groups is 1. The molecule has 0 amide bonds. The first-order valence-corrected chi connectivity index (χ1v) is 7.25. The highest BCUT2D eigenvalue weighted by atomic mass is 32.1. The Morgan fingerprint density at radius 2 is 1.71 bits per heavy atom. The van der Waals surface area contributed by atoms with Crippen molar-refractivity contribution in [1.82, 2.24) is 10.7 Å². The maximum atomic E-state index is 5.21. The molecule has 0 unspecified atom stereocenters. The molecule has 0 spiro atoms. The fraction of sp³-hybridized carbons (Fsp3) is 0.176. The van der Waals surface area contributed by atoms with Gasteiger partial charge in [-0.1, -0.05) is 60.2 Å². The van der Waals surface area contributed by atoms with Gasteiger partial charge < -0.3 is 5.32 Å². The van der Waals surface area contributed by atoms with Gasteiger partial charge in [-0.2, -0.15) is 5.10 Å². The van der Waals surface area contributed by atoms with Gasteiger partial charge in [-0.25, -0.2) is 0 Å². The Labute approximate surface area is 131 Å². The third kappa shape index (κ3) is 5.00. The summed E-state index contributed by atoms with van der Waals surface area (Å²) in [4.78, 5) is 0. The first-order valence-electron chi connectivity index (χ1n) is 6.84. The molecule has 4 heteroatoms. The van der Waals surface area contributed by atoms with Crippen molar-refractivity contribution in [3.63, 3.8) is 0 Å². The third-order valence-electron chi connectivity index (χ3n) is 3.09. The quantitative estimate of drug-likeness (QED) is 0.516. The second-order valence-corrected chi connectivity index (χ2v) is 5.25. The van der Waals surface area contributed by atoms with E-state index in [-0.39, 0.29) is 0 Å². The normalized spacial score (nSPS) is 11.0. The van der Waals surface area contributed by atoms with E-state index in [2.05, 4.69) is 59.2 Å². The second kappa shape index (κ2) is 7.55. The van der Waals surface area contributed by atoms with Crippen LogP contribution in [0.5, 0.6) is 0 Å². The highest BCUT2D eigenvalue weighted by Crippen LogP contribution is 2.04. The van der Waals surface area contributed by atoms with Crippen LogP contribution in [0.4, 0.5) is 0 Å². The fourth-order valence-electron chi connectivity index (χ4n) is 1.81. The topological polar surface area (TPSA) is 36.4 Å². The van der Waals surface area contributed by atoms with Gasteiger partial charge in [0.25, 0.3) is 0 Å². The van der Waals surface area contributed by atoms with Crippen molar-refractivity contribution < 1.29 is 0 Å². The minimum atomic E-state index is 0.519. The Morgan fingerprint density at radius 3 is 2.38 bits per heavy atom. The zero-order valence-corrected chi connectivity index (χ0v) is 13.1. The average molecular weight is 297 g/mol. The number of nitrogens with zero attached hydrogens (tertiary/aromatic N) is 1. The van der Waals surface area contributed by atoms with Crippen molar-refractivity contribution >= 4 is 23.0 Å². The zero-order valence-electron chi connectivity index (χ0n) is 12.3. The molecule has 108 valence electrons. The summed E-state index contributed by atoms with van der Waals surface area (Å²) in [6.07, 6.45) is 0. The Bertz CT molecular complexity index is 618. The van der Waals surface area contributed by atoms with E-state index in [4.69, 9.17) is 12.2 Å². The standard InChI is InChI=1S/C17H19N3S/c1-13-8-10-16(11-9-13)14(2)19-20-17(21)18-12-15-6-4-3-5-7-15/h3-11H,12H2,1-2H3,(H2,18,20,21)/b19-14-. The monoisotopic (exact) mass is 297 g/mol. The van der Waals surface area contributed by atoms with Gasteiger partial charge in [0.2, 0.25) is 0 Å². The molecule has 0 saturated heterocycles. The van der Waals surface area contributed by atoms with E-state index in [9.17, 15) is 0 Å². The molecular formula is C17H19N3S. The number of hydrazone groups is 1. The molecule has 0 aliphatic carbocycles. The summed E-state index contributed by atoms with van der Waals surface area (Å²) in [6.45, 7) is 4.71. The molecule has 3 nitrogen and oxygen atoms in total. The second-order valence-electron chi connectivity index (χ2n) is 4.84. The lowest BCUT2D eigenvalue weighted by molar-refractivity contribution is 0.866. The molecule has 0 heterocycles. The predicted octanol–water partition coefficient (Wildman–Crippen LogP) is 3.38. The summed E-state index contributed by atoms with van der Waals surface area (Å²) in [5, 5.41) is 7.95. The predicted molar refractivity (Wildman–Crippen MR) is 92.4 cm³/mol. The van der Waals surface area contributed by atoms with Crippen LogP contribution >= 0.6 is 12.2 Å². The number of benzene rings is 2. The molecule has 21 heavy (non-hydrogen) atoms. The van der Waals surface area contributed by atoms with Crippen LogP contribution in [-0.2, 0) is 6.54 Å². The molecule has 2 rings (SSSR count). The molecule has 0 atom stereocenters. The lowest BCUT2D eigenvalue weighted by Crippen LogP contribution is -2.32. The summed E-state index contributed by atoms with van der Waals surface area (Å²) in [6, 6.07) is 18.4. The first kappa shape index (κ1) is 15.2. The Hall–Kier alpha value is -2.20. The molecule has 2 N–H and O–H groups in total. The smallest absolute Gasteiger partial charge is 0.187 e. The van der Waals surface area contributed by atoms with Crippen molar-refractivity contribution in [2.24, 2.45) is 5.10 Å². The van der Waals surface area contributed by atoms with Gasteiger partial charge in [0, 0.05) is 6.54 Å². The van der Waals surface area contributed by atoms with Gasteiger partial charge in [-0.15, -0.1) is 0 Å². The van der Waals surface area contributed by atoms with Crippen molar-refractivity contribution in [2.45, 2.75) is 20.4 Å². The van der Waals surface area contributed by atoms with E-state index in [0.29, 0.717) is 11.7 Å². The van der Waals surface area contributed by atoms with E-state index in [0.717, 1.165) is 11.3 Å². The van der Waals surface area contributed by atoms with Crippen molar-refractivity contribution in [1.29, 1.82) is 0 Å². The number of aryl methyl sites for hydroxylation is 1. The molecular weight excluding hydrogens is 278 g/mol. The van der Waals surface area contributed by atoms with Gasteiger partial charge in [0.1, 0.15) is 0 Å². The van der Waals surface area contributed by atoms with Crippen LogP contribution in [0, 0.1) is 6.92 Å². The summed E-state index contributed by atoms with van der Waals surface area (Å²) >= 11 is 5.21. The molecule has 0 aromatic heterocycles. The maximum Gasteiger partial charge on any atom is 0.187 e. The highest BCUT2D eigenvalue weighted by Gasteiger charge is 1.98. The molecule has 0 bridgehead atoms. The zero-order chi connectivity index (χ0) is 15.1. The molecule has 0 saturated carbocycles. The number of rotatable bonds is 4. The van der Waals surface area contributed by atoms with Crippen molar-refractivity contribution in [3.8, 4) is 0 Å². The summed E-state index contributed by atoms with van der Waals surface area (Å²) in [7, 11) is 0. The third-order valence-corrected chi connectivity index (χ3v) is 3.33. The van der Waals surface area contributed by atoms with E-state index in [1.54, 1.807) is 0 Å². The number of hydrogen-bond donors (Lipinski definition) is 2. The van der Waals surface area contributed by atoms with Crippen LogP contribution in [0.25, 0.3) is 0 Å². The lowest BCUT2D eigenvalue weighted by atomic mass is 10.1. The van der Waals surface area contributed by atoms with E-state index < -0.39 is 0 Å². The van der Waals surface area contributed by atoms with E-state index in [1.807, 2.05) is 25.1 Å². The Morgan fingerprint density at radius 1 is 1.05 bits per heavy atom. The van der Waals surface area contributed by atoms with Gasteiger partial charge >= 0.3 is 0 Å². The van der Waals surface area contributed by atoms with Gasteiger partial charge in [0.15, 0.2) is 5.11 Å². The lowest BCUT2D eigenvalue weighted by Gasteiger charge is -2.08. The van der Waals surface area contributed by atoms with Crippen LogP contribution in [0.15, 0.2) is 59.7 Å². The van der Waals surface area contributed by atoms with Crippen LogP contribution in [-0.4, -0.2) is 10.8 Å². The summed E-state index contributed by atoms with van der Waals surface area (Å²) in [5.74, 6) is 0. The summed E-state index contributed by atoms with van der Waals surface area (Å²) in [5.41, 5.74) is 7.28. The van der Waals surface area contributed by atoms with Crippen molar-refractivity contribution in [2.75, 3.05) is 0 Å². The number of hydrogen-bond acceptors (Lipinski definition) is 2. The fourth-order valence-corrected chi connectivity index (χ4v) is 1.93. The molecule has 2 aromatic rings. The minimum Gasteiger partial charge on any atom is -0.357 e. The molecule has 0 aliphatic heterocycles. The average Bonchev–Trinajstić information content (AvgIpc) is 2.52. The van der Waals surface area contributed by atoms with Crippen LogP contribution < -0.4 is 10.7 Å². The Balaban J connectivity index is 1.85. The van der Waals surface area contributed by atoms with Crippen LogP contribution in [0.3, 0.4) is 0 Å². The molecule has 2 aromatic carbocycles. The summed E-state index contributed by atoms with van der Waals surface area (Å²) < 4.78 is 0. The first-order chi connectivity index (χ1) is 10.1. The molecule has 0 fully saturated rings. The Kier molecular flexibility index (Phi) is 5.46. The largest absolute Gasteiger partial charge is 0.357 e. The van der Waals surface area contributed by atoms with Gasteiger partial charge in [-0.05, 0) is 37.2 Å².